The molecule has 1 aliphatic carbocycles. The first-order chi connectivity index (χ1) is 13.5. The molecular weight excluding hydrogens is 442 g/mol. The molecule has 0 aliphatic heterocycles. The van der Waals surface area contributed by atoms with Crippen molar-refractivity contribution in [2.75, 3.05) is 17.2 Å². The van der Waals surface area contributed by atoms with E-state index >= 15 is 0 Å². The fourth-order valence-electron chi connectivity index (χ4n) is 3.26. The molecule has 148 valence electrons. The van der Waals surface area contributed by atoms with Gasteiger partial charge >= 0.3 is 0 Å². The highest BCUT2D eigenvalue weighted by molar-refractivity contribution is 9.10. The van der Waals surface area contributed by atoms with Crippen LogP contribution in [0.4, 0.5) is 11.4 Å². The lowest BCUT2D eigenvalue weighted by Gasteiger charge is -2.23. The van der Waals surface area contributed by atoms with Crippen molar-refractivity contribution >= 4 is 50.7 Å². The number of carbonyl (C=O) groups is 2. The summed E-state index contributed by atoms with van der Waals surface area (Å²) in [5.41, 5.74) is 1.79. The number of amides is 2. The molecule has 0 spiro atoms. The molecule has 28 heavy (non-hydrogen) atoms. The third kappa shape index (κ3) is 5.72. The first-order valence-corrected chi connectivity index (χ1v) is 10.6. The molecule has 7 heteroatoms. The van der Waals surface area contributed by atoms with Gasteiger partial charge < -0.3 is 16.0 Å². The van der Waals surface area contributed by atoms with Gasteiger partial charge in [-0.2, -0.15) is 0 Å². The number of anilines is 2. The van der Waals surface area contributed by atoms with Crippen LogP contribution in [0.3, 0.4) is 0 Å². The minimum Gasteiger partial charge on any atom is -0.376 e. The van der Waals surface area contributed by atoms with Crippen molar-refractivity contribution in [2.24, 2.45) is 0 Å². The highest BCUT2D eigenvalue weighted by Crippen LogP contribution is 2.23. The zero-order valence-corrected chi connectivity index (χ0v) is 17.8. The summed E-state index contributed by atoms with van der Waals surface area (Å²) >= 11 is 9.62. The van der Waals surface area contributed by atoms with E-state index in [1.807, 2.05) is 24.3 Å². The van der Waals surface area contributed by atoms with E-state index in [1.165, 1.54) is 6.42 Å². The Hall–Kier alpha value is -2.05. The van der Waals surface area contributed by atoms with Gasteiger partial charge in [0.05, 0.1) is 22.8 Å². The van der Waals surface area contributed by atoms with Crippen molar-refractivity contribution in [3.05, 3.63) is 57.5 Å². The maximum absolute atomic E-state index is 12.6. The molecule has 0 saturated heterocycles. The number of hydrogen-bond donors (Lipinski definition) is 3. The number of rotatable bonds is 6. The summed E-state index contributed by atoms with van der Waals surface area (Å²) in [6, 6.07) is 12.7. The molecule has 1 fully saturated rings. The van der Waals surface area contributed by atoms with Crippen LogP contribution in [0.15, 0.2) is 46.9 Å². The Labute approximate surface area is 178 Å². The van der Waals surface area contributed by atoms with E-state index in [-0.39, 0.29) is 24.4 Å². The molecule has 0 radical (unpaired) electrons. The fourth-order valence-corrected chi connectivity index (χ4v) is 3.85. The normalized spacial score (nSPS) is 14.4. The predicted octanol–water partition coefficient (Wildman–Crippen LogP) is 5.22. The molecule has 0 atom stereocenters. The van der Waals surface area contributed by atoms with Gasteiger partial charge in [-0.3, -0.25) is 9.59 Å². The van der Waals surface area contributed by atoms with E-state index in [2.05, 4.69) is 31.9 Å². The van der Waals surface area contributed by atoms with Gasteiger partial charge in [0.2, 0.25) is 5.91 Å². The lowest BCUT2D eigenvalue weighted by Crippen LogP contribution is -2.36. The Balaban J connectivity index is 1.58. The van der Waals surface area contributed by atoms with E-state index in [4.69, 9.17) is 11.6 Å². The quantitative estimate of drug-likeness (QED) is 0.549. The van der Waals surface area contributed by atoms with Gasteiger partial charge in [0, 0.05) is 16.2 Å². The number of benzene rings is 2. The van der Waals surface area contributed by atoms with Crippen molar-refractivity contribution in [2.45, 2.75) is 38.1 Å². The summed E-state index contributed by atoms with van der Waals surface area (Å²) < 4.78 is 0.816. The van der Waals surface area contributed by atoms with Gasteiger partial charge in [-0.05, 0) is 59.1 Å². The number of para-hydroxylation sites is 1. The molecule has 1 saturated carbocycles. The van der Waals surface area contributed by atoms with Crippen LogP contribution < -0.4 is 16.0 Å². The smallest absolute Gasteiger partial charge is 0.253 e. The van der Waals surface area contributed by atoms with Crippen LogP contribution in [0.1, 0.15) is 42.5 Å². The van der Waals surface area contributed by atoms with Gasteiger partial charge in [-0.1, -0.05) is 43.0 Å². The van der Waals surface area contributed by atoms with E-state index in [1.54, 1.807) is 18.2 Å². The second-order valence-electron chi connectivity index (χ2n) is 6.88. The molecule has 3 N–H and O–H groups in total. The second kappa shape index (κ2) is 9.94. The highest BCUT2D eigenvalue weighted by atomic mass is 79.9. The molecule has 0 heterocycles. The summed E-state index contributed by atoms with van der Waals surface area (Å²) in [6.07, 6.45) is 5.54. The third-order valence-corrected chi connectivity index (χ3v) is 5.77. The molecule has 3 rings (SSSR count). The lowest BCUT2D eigenvalue weighted by molar-refractivity contribution is -0.114. The van der Waals surface area contributed by atoms with Crippen LogP contribution in [-0.4, -0.2) is 24.4 Å². The highest BCUT2D eigenvalue weighted by Gasteiger charge is 2.18. The van der Waals surface area contributed by atoms with Crippen LogP contribution in [0.25, 0.3) is 0 Å². The molecule has 5 nitrogen and oxygen atoms in total. The largest absolute Gasteiger partial charge is 0.376 e. The fraction of sp³-hybridized carbons (Fsp3) is 0.333. The Bertz CT molecular complexity index is 853. The Morgan fingerprint density at radius 3 is 2.57 bits per heavy atom. The van der Waals surface area contributed by atoms with E-state index in [9.17, 15) is 9.59 Å². The summed E-state index contributed by atoms with van der Waals surface area (Å²) in [6.45, 7) is 0.0760. The van der Waals surface area contributed by atoms with E-state index in [0.29, 0.717) is 22.0 Å². The summed E-state index contributed by atoms with van der Waals surface area (Å²) in [5, 5.41) is 9.34. The van der Waals surface area contributed by atoms with Crippen molar-refractivity contribution in [1.82, 2.24) is 5.32 Å². The average Bonchev–Trinajstić information content (AvgIpc) is 2.70. The Kier molecular flexibility index (Phi) is 7.34. The van der Waals surface area contributed by atoms with Gasteiger partial charge in [-0.15, -0.1) is 0 Å². The molecule has 1 aliphatic rings. The second-order valence-corrected chi connectivity index (χ2v) is 8.15. The van der Waals surface area contributed by atoms with Crippen molar-refractivity contribution < 1.29 is 9.59 Å². The maximum Gasteiger partial charge on any atom is 0.253 e. The minimum absolute atomic E-state index is 0.0760. The van der Waals surface area contributed by atoms with E-state index < -0.39 is 0 Å². The van der Waals surface area contributed by atoms with Crippen molar-refractivity contribution in [3.8, 4) is 0 Å². The number of halogens is 2. The van der Waals surface area contributed by atoms with Crippen LogP contribution in [0.5, 0.6) is 0 Å². The maximum atomic E-state index is 12.6. The minimum atomic E-state index is -0.185. The molecule has 0 aromatic heterocycles. The predicted molar refractivity (Wildman–Crippen MR) is 117 cm³/mol. The van der Waals surface area contributed by atoms with Crippen LogP contribution in [-0.2, 0) is 4.79 Å². The number of carbonyl (C=O) groups excluding carboxylic acids is 2. The summed E-state index contributed by atoms with van der Waals surface area (Å²) in [4.78, 5) is 24.8. The van der Waals surface area contributed by atoms with Crippen LogP contribution in [0.2, 0.25) is 5.02 Å². The number of hydrogen-bond acceptors (Lipinski definition) is 3. The molecule has 2 aromatic carbocycles. The zero-order chi connectivity index (χ0) is 19.9. The van der Waals surface area contributed by atoms with Gasteiger partial charge in [0.1, 0.15) is 0 Å². The SMILES string of the molecule is O=C(CNc1ccc(Cl)c(C(=O)NC2CCCCC2)c1)Nc1ccccc1Br. The van der Waals surface area contributed by atoms with Gasteiger partial charge in [-0.25, -0.2) is 0 Å². The molecule has 0 bridgehead atoms. The van der Waals surface area contributed by atoms with Crippen molar-refractivity contribution in [1.29, 1.82) is 0 Å². The third-order valence-electron chi connectivity index (χ3n) is 4.75. The average molecular weight is 465 g/mol. The lowest BCUT2D eigenvalue weighted by atomic mass is 9.95. The van der Waals surface area contributed by atoms with Crippen LogP contribution >= 0.6 is 27.5 Å². The molecule has 2 aromatic rings. The molecule has 2 amide bonds. The monoisotopic (exact) mass is 463 g/mol. The Morgan fingerprint density at radius 2 is 1.82 bits per heavy atom. The molecular formula is C21H23BrClN3O2. The van der Waals surface area contributed by atoms with Gasteiger partial charge in [0.25, 0.3) is 5.91 Å². The first-order valence-electron chi connectivity index (χ1n) is 9.41. The molecule has 0 unspecified atom stereocenters. The van der Waals surface area contributed by atoms with E-state index in [0.717, 1.165) is 30.2 Å². The summed E-state index contributed by atoms with van der Waals surface area (Å²) in [7, 11) is 0. The van der Waals surface area contributed by atoms with Crippen molar-refractivity contribution in [3.63, 3.8) is 0 Å². The zero-order valence-electron chi connectivity index (χ0n) is 15.4. The van der Waals surface area contributed by atoms with Crippen LogP contribution in [0, 0.1) is 0 Å². The Morgan fingerprint density at radius 1 is 1.07 bits per heavy atom. The summed E-state index contributed by atoms with van der Waals surface area (Å²) in [5.74, 6) is -0.353. The number of nitrogens with one attached hydrogen (secondary N) is 3. The topological polar surface area (TPSA) is 70.2 Å². The first kappa shape index (κ1) is 20.7. The van der Waals surface area contributed by atoms with Gasteiger partial charge in [0.15, 0.2) is 0 Å². The standard InChI is InChI=1S/C21H23BrClN3O2/c22-17-8-4-5-9-19(17)26-20(27)13-24-15-10-11-18(23)16(12-15)21(28)25-14-6-2-1-3-7-14/h4-5,8-12,14,24H,1-3,6-7,13H2,(H,25,28)(H,26,27).